The van der Waals surface area contributed by atoms with E-state index in [-0.39, 0.29) is 0 Å². The third-order valence-electron chi connectivity index (χ3n) is 2.60. The number of oxazole rings is 1. The SMILES string of the molecule is CCNCc1ncoc1-c1cc(OC)ccc1Br. The molecule has 1 aromatic carbocycles. The van der Waals surface area contributed by atoms with Crippen LogP contribution >= 0.6 is 15.9 Å². The van der Waals surface area contributed by atoms with Gasteiger partial charge in [-0.15, -0.1) is 0 Å². The van der Waals surface area contributed by atoms with E-state index in [0.29, 0.717) is 6.54 Å². The predicted octanol–water partition coefficient (Wildman–Crippen LogP) is 3.22. The minimum absolute atomic E-state index is 0.686. The zero-order valence-electron chi connectivity index (χ0n) is 10.4. The highest BCUT2D eigenvalue weighted by atomic mass is 79.9. The molecule has 1 aromatic heterocycles. The lowest BCUT2D eigenvalue weighted by Gasteiger charge is -2.06. The number of ether oxygens (including phenoxy) is 1. The molecule has 0 aliphatic heterocycles. The van der Waals surface area contributed by atoms with Crippen molar-refractivity contribution in [2.75, 3.05) is 13.7 Å². The molecule has 2 aromatic rings. The summed E-state index contributed by atoms with van der Waals surface area (Å²) in [5.41, 5.74) is 1.84. The standard InChI is InChI=1S/C13H15BrN2O2/c1-3-15-7-12-13(18-8-16-12)10-6-9(17-2)4-5-11(10)14/h4-6,8,15H,3,7H2,1-2H3. The van der Waals surface area contributed by atoms with E-state index in [1.807, 2.05) is 18.2 Å². The predicted molar refractivity (Wildman–Crippen MR) is 73.6 cm³/mol. The second kappa shape index (κ2) is 6.02. The van der Waals surface area contributed by atoms with Gasteiger partial charge in [0.05, 0.1) is 7.11 Å². The van der Waals surface area contributed by atoms with Gasteiger partial charge in [-0.2, -0.15) is 0 Å². The zero-order valence-corrected chi connectivity index (χ0v) is 12.0. The summed E-state index contributed by atoms with van der Waals surface area (Å²) < 4.78 is 11.7. The molecular formula is C13H15BrN2O2. The van der Waals surface area contributed by atoms with Crippen molar-refractivity contribution in [1.82, 2.24) is 10.3 Å². The molecule has 0 saturated heterocycles. The lowest BCUT2D eigenvalue weighted by molar-refractivity contribution is 0.414. The van der Waals surface area contributed by atoms with Gasteiger partial charge >= 0.3 is 0 Å². The van der Waals surface area contributed by atoms with Crippen LogP contribution in [-0.2, 0) is 6.54 Å². The Kier molecular flexibility index (Phi) is 4.38. The molecule has 4 nitrogen and oxygen atoms in total. The molecule has 1 N–H and O–H groups in total. The molecule has 0 saturated carbocycles. The summed E-state index contributed by atoms with van der Waals surface area (Å²) in [6, 6.07) is 5.77. The fraction of sp³-hybridized carbons (Fsp3) is 0.308. The van der Waals surface area contributed by atoms with Crippen molar-refractivity contribution in [1.29, 1.82) is 0 Å². The second-order valence-electron chi connectivity index (χ2n) is 3.75. The van der Waals surface area contributed by atoms with E-state index in [4.69, 9.17) is 9.15 Å². The average Bonchev–Trinajstić information content (AvgIpc) is 2.85. The summed E-state index contributed by atoms with van der Waals surface area (Å²) in [4.78, 5) is 4.24. The first-order valence-electron chi connectivity index (χ1n) is 5.73. The lowest BCUT2D eigenvalue weighted by Crippen LogP contribution is -2.12. The Morgan fingerprint density at radius 2 is 2.28 bits per heavy atom. The van der Waals surface area contributed by atoms with Crippen molar-refractivity contribution >= 4 is 15.9 Å². The van der Waals surface area contributed by atoms with Gasteiger partial charge in [-0.25, -0.2) is 4.98 Å². The molecule has 0 amide bonds. The van der Waals surface area contributed by atoms with E-state index in [0.717, 1.165) is 33.8 Å². The topological polar surface area (TPSA) is 47.3 Å². The van der Waals surface area contributed by atoms with Crippen LogP contribution in [0.2, 0.25) is 0 Å². The smallest absolute Gasteiger partial charge is 0.181 e. The first-order valence-corrected chi connectivity index (χ1v) is 6.52. The Labute approximate surface area is 114 Å². The van der Waals surface area contributed by atoms with Crippen LogP contribution in [0.25, 0.3) is 11.3 Å². The van der Waals surface area contributed by atoms with E-state index < -0.39 is 0 Å². The van der Waals surface area contributed by atoms with E-state index >= 15 is 0 Å². The third kappa shape index (κ3) is 2.73. The summed E-state index contributed by atoms with van der Waals surface area (Å²) in [5.74, 6) is 1.56. The van der Waals surface area contributed by atoms with Crippen molar-refractivity contribution in [3.63, 3.8) is 0 Å². The quantitative estimate of drug-likeness (QED) is 0.921. The van der Waals surface area contributed by atoms with Gasteiger partial charge in [0, 0.05) is 16.6 Å². The van der Waals surface area contributed by atoms with Crippen LogP contribution in [0.15, 0.2) is 33.5 Å². The number of hydrogen-bond acceptors (Lipinski definition) is 4. The number of methoxy groups -OCH3 is 1. The van der Waals surface area contributed by atoms with Gasteiger partial charge < -0.3 is 14.5 Å². The zero-order chi connectivity index (χ0) is 13.0. The number of aromatic nitrogens is 1. The van der Waals surface area contributed by atoms with Crippen LogP contribution in [0.3, 0.4) is 0 Å². The Morgan fingerprint density at radius 1 is 1.44 bits per heavy atom. The van der Waals surface area contributed by atoms with Gasteiger partial charge in [-0.05, 0) is 24.7 Å². The van der Waals surface area contributed by atoms with Crippen molar-refractivity contribution < 1.29 is 9.15 Å². The highest BCUT2D eigenvalue weighted by molar-refractivity contribution is 9.10. The van der Waals surface area contributed by atoms with E-state index in [2.05, 4.69) is 33.2 Å². The highest BCUT2D eigenvalue weighted by Gasteiger charge is 2.14. The monoisotopic (exact) mass is 310 g/mol. The van der Waals surface area contributed by atoms with Crippen LogP contribution in [0.4, 0.5) is 0 Å². The highest BCUT2D eigenvalue weighted by Crippen LogP contribution is 2.33. The molecule has 0 radical (unpaired) electrons. The van der Waals surface area contributed by atoms with Gasteiger partial charge in [0.2, 0.25) is 0 Å². The summed E-state index contributed by atoms with van der Waals surface area (Å²) in [6.45, 7) is 3.64. The molecule has 0 fully saturated rings. The van der Waals surface area contributed by atoms with Gasteiger partial charge in [0.1, 0.15) is 11.4 Å². The maximum absolute atomic E-state index is 5.49. The average molecular weight is 311 g/mol. The van der Waals surface area contributed by atoms with Crippen LogP contribution in [0, 0.1) is 0 Å². The summed E-state index contributed by atoms with van der Waals surface area (Å²) >= 11 is 3.52. The van der Waals surface area contributed by atoms with Gasteiger partial charge in [0.25, 0.3) is 0 Å². The molecule has 5 heteroatoms. The fourth-order valence-corrected chi connectivity index (χ4v) is 2.09. The van der Waals surface area contributed by atoms with Crippen molar-refractivity contribution in [2.24, 2.45) is 0 Å². The maximum Gasteiger partial charge on any atom is 0.181 e. The van der Waals surface area contributed by atoms with E-state index in [9.17, 15) is 0 Å². The van der Waals surface area contributed by atoms with E-state index in [1.54, 1.807) is 7.11 Å². The Balaban J connectivity index is 2.38. The number of nitrogens with zero attached hydrogens (tertiary/aromatic N) is 1. The largest absolute Gasteiger partial charge is 0.497 e. The molecule has 0 atom stereocenters. The molecule has 0 bridgehead atoms. The Bertz CT molecular complexity index is 525. The van der Waals surface area contributed by atoms with Crippen molar-refractivity contribution in [2.45, 2.75) is 13.5 Å². The third-order valence-corrected chi connectivity index (χ3v) is 3.29. The van der Waals surface area contributed by atoms with Crippen molar-refractivity contribution in [3.8, 4) is 17.1 Å². The molecule has 0 aliphatic rings. The minimum atomic E-state index is 0.686. The van der Waals surface area contributed by atoms with Gasteiger partial charge in [-0.1, -0.05) is 22.9 Å². The van der Waals surface area contributed by atoms with E-state index in [1.165, 1.54) is 6.39 Å². The number of halogens is 1. The number of nitrogens with one attached hydrogen (secondary N) is 1. The first-order chi connectivity index (χ1) is 8.76. The number of benzene rings is 1. The summed E-state index contributed by atoms with van der Waals surface area (Å²) in [6.07, 6.45) is 1.47. The summed E-state index contributed by atoms with van der Waals surface area (Å²) in [7, 11) is 1.65. The fourth-order valence-electron chi connectivity index (χ4n) is 1.66. The molecule has 18 heavy (non-hydrogen) atoms. The summed E-state index contributed by atoms with van der Waals surface area (Å²) in [5, 5.41) is 3.24. The minimum Gasteiger partial charge on any atom is -0.497 e. The molecule has 2 rings (SSSR count). The van der Waals surface area contributed by atoms with Crippen LogP contribution in [-0.4, -0.2) is 18.6 Å². The van der Waals surface area contributed by atoms with Crippen molar-refractivity contribution in [3.05, 3.63) is 34.8 Å². The molecule has 96 valence electrons. The molecule has 1 heterocycles. The first kappa shape index (κ1) is 13.1. The van der Waals surface area contributed by atoms with Crippen LogP contribution in [0.1, 0.15) is 12.6 Å². The Morgan fingerprint density at radius 3 is 3.00 bits per heavy atom. The van der Waals surface area contributed by atoms with Gasteiger partial charge in [-0.3, -0.25) is 0 Å². The molecular weight excluding hydrogens is 296 g/mol. The molecule has 0 aliphatic carbocycles. The molecule has 0 unspecified atom stereocenters. The van der Waals surface area contributed by atoms with Crippen LogP contribution < -0.4 is 10.1 Å². The number of rotatable bonds is 5. The van der Waals surface area contributed by atoms with Crippen LogP contribution in [0.5, 0.6) is 5.75 Å². The second-order valence-corrected chi connectivity index (χ2v) is 4.61. The normalized spacial score (nSPS) is 10.6. The van der Waals surface area contributed by atoms with Gasteiger partial charge in [0.15, 0.2) is 12.2 Å². The maximum atomic E-state index is 5.49. The lowest BCUT2D eigenvalue weighted by atomic mass is 10.1. The number of hydrogen-bond donors (Lipinski definition) is 1. The molecule has 0 spiro atoms. The Hall–Kier alpha value is -1.33.